The lowest BCUT2D eigenvalue weighted by molar-refractivity contribution is -0.143. The molecule has 1 aromatic carbocycles. The molecule has 2 aliphatic heterocycles. The number of rotatable bonds is 5. The maximum absolute atomic E-state index is 13.6. The van der Waals surface area contributed by atoms with E-state index in [1.54, 1.807) is 4.90 Å². The summed E-state index contributed by atoms with van der Waals surface area (Å²) in [4.78, 5) is 48.4. The maximum atomic E-state index is 13.6. The van der Waals surface area contributed by atoms with Crippen LogP contribution in [-0.4, -0.2) is 68.0 Å². The lowest BCUT2D eigenvalue weighted by atomic mass is 9.99. The van der Waals surface area contributed by atoms with E-state index in [1.807, 2.05) is 46.8 Å². The molecule has 1 fully saturated rings. The summed E-state index contributed by atoms with van der Waals surface area (Å²) >= 11 is 0. The second-order valence-corrected chi connectivity index (χ2v) is 11.0. The van der Waals surface area contributed by atoms with Crippen LogP contribution in [0.5, 0.6) is 0 Å². The number of nitrogens with zero attached hydrogens (tertiary/aromatic N) is 5. The molecule has 1 N–H and O–H groups in total. The van der Waals surface area contributed by atoms with Gasteiger partial charge in [-0.05, 0) is 56.9 Å². The Kier molecular flexibility index (Phi) is 9.53. The number of amides is 3. The van der Waals surface area contributed by atoms with E-state index in [-0.39, 0.29) is 17.7 Å². The Morgan fingerprint density at radius 2 is 1.84 bits per heavy atom. The Morgan fingerprint density at radius 1 is 1.05 bits per heavy atom. The number of carbonyl (C=O) groups is 3. The third-order valence-corrected chi connectivity index (χ3v) is 7.53. The van der Waals surface area contributed by atoms with Crippen LogP contribution in [0.15, 0.2) is 30.3 Å². The summed E-state index contributed by atoms with van der Waals surface area (Å²) in [7, 11) is 0. The van der Waals surface area contributed by atoms with E-state index in [2.05, 4.69) is 24.3 Å². The minimum Gasteiger partial charge on any atom is -0.344 e. The molecule has 38 heavy (non-hydrogen) atoms. The first kappa shape index (κ1) is 27.8. The molecule has 0 unspecified atom stereocenters. The van der Waals surface area contributed by atoms with Crippen molar-refractivity contribution in [1.29, 1.82) is 0 Å². The molecule has 0 spiro atoms. The molecule has 0 aliphatic carbocycles. The van der Waals surface area contributed by atoms with Crippen molar-refractivity contribution >= 4 is 17.7 Å². The van der Waals surface area contributed by atoms with Gasteiger partial charge in [0.1, 0.15) is 17.7 Å². The number of piperidine rings is 1. The molecule has 0 radical (unpaired) electrons. The molecule has 2 atom stereocenters. The van der Waals surface area contributed by atoms with Gasteiger partial charge in [0, 0.05) is 32.5 Å². The van der Waals surface area contributed by atoms with Crippen molar-refractivity contribution in [3.63, 3.8) is 0 Å². The van der Waals surface area contributed by atoms with Gasteiger partial charge in [-0.25, -0.2) is 9.67 Å². The number of benzene rings is 1. The van der Waals surface area contributed by atoms with E-state index in [0.717, 1.165) is 24.8 Å². The van der Waals surface area contributed by atoms with Crippen LogP contribution in [0.25, 0.3) is 0 Å². The van der Waals surface area contributed by atoms with Crippen LogP contribution in [0.4, 0.5) is 0 Å². The second kappa shape index (κ2) is 13.0. The largest absolute Gasteiger partial charge is 0.344 e. The van der Waals surface area contributed by atoms with Gasteiger partial charge in [-0.2, -0.15) is 5.10 Å². The number of nitrogens with one attached hydrogen (secondary N) is 1. The molecule has 1 aromatic heterocycles. The number of aromatic nitrogens is 3. The minimum atomic E-state index is -0.487. The first-order valence-electron chi connectivity index (χ1n) is 14.1. The van der Waals surface area contributed by atoms with E-state index in [1.165, 1.54) is 0 Å². The van der Waals surface area contributed by atoms with Crippen LogP contribution >= 0.6 is 0 Å². The van der Waals surface area contributed by atoms with Gasteiger partial charge < -0.3 is 15.1 Å². The fourth-order valence-corrected chi connectivity index (χ4v) is 5.43. The van der Waals surface area contributed by atoms with Crippen molar-refractivity contribution in [2.45, 2.75) is 90.8 Å². The van der Waals surface area contributed by atoms with Gasteiger partial charge in [-0.1, -0.05) is 44.2 Å². The van der Waals surface area contributed by atoms with Crippen molar-refractivity contribution in [3.8, 4) is 0 Å². The van der Waals surface area contributed by atoms with Crippen LogP contribution in [0.2, 0.25) is 0 Å². The first-order valence-corrected chi connectivity index (χ1v) is 14.1. The van der Waals surface area contributed by atoms with Gasteiger partial charge in [-0.15, -0.1) is 0 Å². The zero-order valence-corrected chi connectivity index (χ0v) is 23.1. The smallest absolute Gasteiger partial charge is 0.243 e. The predicted molar refractivity (Wildman–Crippen MR) is 145 cm³/mol. The maximum Gasteiger partial charge on any atom is 0.243 e. The molecular weight excluding hydrogens is 480 g/mol. The quantitative estimate of drug-likeness (QED) is 0.649. The Labute approximate surface area is 226 Å². The molecule has 3 amide bonds. The third kappa shape index (κ3) is 7.20. The minimum absolute atomic E-state index is 0.00453. The topological polar surface area (TPSA) is 100 Å². The Balaban J connectivity index is 1.66. The highest BCUT2D eigenvalue weighted by atomic mass is 16.2. The Hall–Kier alpha value is -3.23. The third-order valence-electron chi connectivity index (χ3n) is 7.53. The van der Waals surface area contributed by atoms with Crippen LogP contribution in [0.1, 0.15) is 82.0 Å². The average Bonchev–Trinajstić information content (AvgIpc) is 3.29. The zero-order valence-electron chi connectivity index (χ0n) is 23.1. The van der Waals surface area contributed by atoms with Crippen molar-refractivity contribution in [2.75, 3.05) is 19.6 Å². The summed E-state index contributed by atoms with van der Waals surface area (Å²) < 4.78 is 1.85. The highest BCUT2D eigenvalue weighted by Crippen LogP contribution is 2.23. The zero-order chi connectivity index (χ0) is 27.1. The van der Waals surface area contributed by atoms with Crippen molar-refractivity contribution in [1.82, 2.24) is 29.9 Å². The van der Waals surface area contributed by atoms with Crippen molar-refractivity contribution < 1.29 is 14.4 Å². The van der Waals surface area contributed by atoms with Gasteiger partial charge in [0.2, 0.25) is 17.7 Å². The fraction of sp³-hybridized carbons (Fsp3) is 0.621. The highest BCUT2D eigenvalue weighted by Gasteiger charge is 2.34. The Morgan fingerprint density at radius 3 is 2.61 bits per heavy atom. The number of hydrogen-bond acceptors (Lipinski definition) is 5. The van der Waals surface area contributed by atoms with Crippen LogP contribution in [0.3, 0.4) is 0 Å². The average molecular weight is 523 g/mol. The summed E-state index contributed by atoms with van der Waals surface area (Å²) in [6.45, 7) is 8.16. The first-order chi connectivity index (χ1) is 18.3. The number of aryl methyl sites for hydroxylation is 1. The molecule has 4 rings (SSSR count). The van der Waals surface area contributed by atoms with Gasteiger partial charge in [0.05, 0.1) is 12.6 Å². The standard InChI is InChI=1S/C29H42N6O3/c1-21(2)14-15-26(36)33-16-9-13-27(37)34-17-8-7-12-25(34)29(38)31-24(20-23-10-5-4-6-11-23)28-30-22(3)32-35(28)19-18-33/h4-6,10-11,21,24-25H,7-9,12-20H2,1-3H3,(H,31,38)/t24-,25+/m1/s1. The van der Waals surface area contributed by atoms with E-state index >= 15 is 0 Å². The fourth-order valence-electron chi connectivity index (χ4n) is 5.43. The molecule has 1 saturated heterocycles. The Bertz CT molecular complexity index is 1100. The molecule has 3 heterocycles. The van der Waals surface area contributed by atoms with Crippen LogP contribution in [0, 0.1) is 12.8 Å². The van der Waals surface area contributed by atoms with E-state index < -0.39 is 12.1 Å². The van der Waals surface area contributed by atoms with E-state index in [4.69, 9.17) is 4.98 Å². The summed E-state index contributed by atoms with van der Waals surface area (Å²) in [5.74, 6) is 1.73. The van der Waals surface area contributed by atoms with Crippen molar-refractivity contribution in [2.24, 2.45) is 5.92 Å². The molecule has 206 valence electrons. The molecular formula is C29H42N6O3. The SMILES string of the molecule is Cc1nc2n(n1)CCN(C(=O)CCC(C)C)CCCC(=O)N1CCCC[C@H]1C(=O)N[C@@H]2Cc1ccccc1. The molecule has 9 nitrogen and oxygen atoms in total. The van der Waals surface area contributed by atoms with Gasteiger partial charge >= 0.3 is 0 Å². The lowest BCUT2D eigenvalue weighted by Crippen LogP contribution is -2.53. The number of hydrogen-bond donors (Lipinski definition) is 1. The molecule has 2 aromatic rings. The van der Waals surface area contributed by atoms with E-state index in [0.29, 0.717) is 75.8 Å². The highest BCUT2D eigenvalue weighted by molar-refractivity contribution is 5.88. The van der Waals surface area contributed by atoms with Crippen LogP contribution < -0.4 is 5.32 Å². The predicted octanol–water partition coefficient (Wildman–Crippen LogP) is 3.43. The summed E-state index contributed by atoms with van der Waals surface area (Å²) in [6, 6.07) is 9.12. The summed E-state index contributed by atoms with van der Waals surface area (Å²) in [5.41, 5.74) is 1.08. The molecule has 0 saturated carbocycles. The van der Waals surface area contributed by atoms with Gasteiger partial charge in [-0.3, -0.25) is 14.4 Å². The normalized spacial score (nSPS) is 21.5. The molecule has 0 bridgehead atoms. The second-order valence-electron chi connectivity index (χ2n) is 11.0. The lowest BCUT2D eigenvalue weighted by Gasteiger charge is -2.36. The molecule has 2 aliphatic rings. The van der Waals surface area contributed by atoms with Crippen molar-refractivity contribution in [3.05, 3.63) is 47.5 Å². The monoisotopic (exact) mass is 522 g/mol. The summed E-state index contributed by atoms with van der Waals surface area (Å²) in [6.07, 6.45) is 5.27. The van der Waals surface area contributed by atoms with Gasteiger partial charge in [0.15, 0.2) is 0 Å². The van der Waals surface area contributed by atoms with E-state index in [9.17, 15) is 14.4 Å². The van der Waals surface area contributed by atoms with Gasteiger partial charge in [0.25, 0.3) is 0 Å². The summed E-state index contributed by atoms with van der Waals surface area (Å²) in [5, 5.41) is 7.89. The number of carbonyl (C=O) groups excluding carboxylic acids is 3. The van der Waals surface area contributed by atoms with Crippen LogP contribution in [-0.2, 0) is 27.3 Å². The molecule has 9 heteroatoms. The number of fused-ring (bicyclic) bond motifs is 2.